The Kier molecular flexibility index (Phi) is 2.37. The first-order valence-corrected chi connectivity index (χ1v) is 4.66. The van der Waals surface area contributed by atoms with Crippen molar-refractivity contribution in [2.75, 3.05) is 5.73 Å². The first kappa shape index (κ1) is 9.65. The molecule has 3 heteroatoms. The smallest absolute Gasteiger partial charge is 0.123 e. The average Bonchev–Trinajstić information content (AvgIpc) is 2.22. The van der Waals surface area contributed by atoms with Crippen molar-refractivity contribution in [3.63, 3.8) is 0 Å². The molecule has 15 heavy (non-hydrogen) atoms. The molecule has 1 heterocycles. The van der Waals surface area contributed by atoms with Crippen LogP contribution in [-0.4, -0.2) is 4.98 Å². The van der Waals surface area contributed by atoms with E-state index in [1.807, 2.05) is 13.0 Å². The molecule has 76 valence electrons. The van der Waals surface area contributed by atoms with Crippen LogP contribution in [0, 0.1) is 12.7 Å². The lowest BCUT2D eigenvalue weighted by molar-refractivity contribution is 0.628. The van der Waals surface area contributed by atoms with Gasteiger partial charge in [0.2, 0.25) is 0 Å². The number of benzene rings is 1. The number of nitrogens with zero attached hydrogens (tertiary/aromatic N) is 1. The minimum absolute atomic E-state index is 0.260. The van der Waals surface area contributed by atoms with Crippen LogP contribution in [0.1, 0.15) is 5.69 Å². The lowest BCUT2D eigenvalue weighted by atomic mass is 10.1. The van der Waals surface area contributed by atoms with Crippen molar-refractivity contribution >= 4 is 5.69 Å². The molecular weight excluding hydrogens is 191 g/mol. The molecule has 0 saturated carbocycles. The second-order valence-corrected chi connectivity index (χ2v) is 3.38. The number of aryl methyl sites for hydroxylation is 1. The van der Waals surface area contributed by atoms with Crippen LogP contribution in [0.2, 0.25) is 0 Å². The van der Waals surface area contributed by atoms with E-state index in [2.05, 4.69) is 4.98 Å². The molecule has 0 fully saturated rings. The molecule has 2 N–H and O–H groups in total. The number of halogens is 1. The number of nitrogens with two attached hydrogens (primary N) is 1. The second kappa shape index (κ2) is 3.69. The maximum atomic E-state index is 13.0. The number of aromatic nitrogens is 1. The predicted octanol–water partition coefficient (Wildman–Crippen LogP) is 2.78. The summed E-state index contributed by atoms with van der Waals surface area (Å²) in [5.74, 6) is -0.260. The summed E-state index contributed by atoms with van der Waals surface area (Å²) in [5, 5.41) is 0. The monoisotopic (exact) mass is 202 g/mol. The Morgan fingerprint density at radius 3 is 2.67 bits per heavy atom. The van der Waals surface area contributed by atoms with E-state index in [0.29, 0.717) is 5.69 Å². The third kappa shape index (κ3) is 1.96. The first-order chi connectivity index (χ1) is 7.16. The molecule has 0 aliphatic rings. The number of rotatable bonds is 1. The Morgan fingerprint density at radius 2 is 2.00 bits per heavy atom. The largest absolute Gasteiger partial charge is 0.397 e. The van der Waals surface area contributed by atoms with Gasteiger partial charge >= 0.3 is 0 Å². The lowest BCUT2D eigenvalue weighted by Crippen LogP contribution is -1.94. The molecule has 0 unspecified atom stereocenters. The van der Waals surface area contributed by atoms with E-state index in [1.54, 1.807) is 18.2 Å². The zero-order valence-corrected chi connectivity index (χ0v) is 8.37. The fourth-order valence-electron chi connectivity index (χ4n) is 1.38. The summed E-state index contributed by atoms with van der Waals surface area (Å²) in [7, 11) is 0. The van der Waals surface area contributed by atoms with Crippen molar-refractivity contribution in [3.05, 3.63) is 47.9 Å². The summed E-state index contributed by atoms with van der Waals surface area (Å²) >= 11 is 0. The molecule has 1 aromatic carbocycles. The normalized spacial score (nSPS) is 10.3. The van der Waals surface area contributed by atoms with Gasteiger partial charge in [-0.1, -0.05) is 12.1 Å². The van der Waals surface area contributed by atoms with Crippen LogP contribution in [0.4, 0.5) is 10.1 Å². The van der Waals surface area contributed by atoms with Gasteiger partial charge in [-0.3, -0.25) is 4.98 Å². The summed E-state index contributed by atoms with van der Waals surface area (Å²) in [4.78, 5) is 4.29. The van der Waals surface area contributed by atoms with Crippen molar-refractivity contribution in [3.8, 4) is 11.3 Å². The van der Waals surface area contributed by atoms with Crippen molar-refractivity contribution in [1.82, 2.24) is 4.98 Å². The van der Waals surface area contributed by atoms with Gasteiger partial charge in [0.1, 0.15) is 5.82 Å². The van der Waals surface area contributed by atoms with Crippen LogP contribution in [0.15, 0.2) is 36.4 Å². The summed E-state index contributed by atoms with van der Waals surface area (Å²) in [5.41, 5.74) is 8.57. The lowest BCUT2D eigenvalue weighted by Gasteiger charge is -2.04. The fraction of sp³-hybridized carbons (Fsp3) is 0.0833. The standard InChI is InChI=1S/C12H11FN2/c1-8-11(14)5-6-12(15-8)9-3-2-4-10(13)7-9/h2-7H,14H2,1H3. The van der Waals surface area contributed by atoms with Gasteiger partial charge in [-0.2, -0.15) is 0 Å². The second-order valence-electron chi connectivity index (χ2n) is 3.38. The molecule has 0 spiro atoms. The SMILES string of the molecule is Cc1nc(-c2cccc(F)c2)ccc1N. The highest BCUT2D eigenvalue weighted by Gasteiger charge is 2.02. The van der Waals surface area contributed by atoms with Gasteiger partial charge < -0.3 is 5.73 Å². The Balaban J connectivity index is 2.50. The van der Waals surface area contributed by atoms with Crippen molar-refractivity contribution in [1.29, 1.82) is 0 Å². The highest BCUT2D eigenvalue weighted by atomic mass is 19.1. The molecule has 0 radical (unpaired) electrons. The molecule has 2 rings (SSSR count). The van der Waals surface area contributed by atoms with Crippen LogP contribution >= 0.6 is 0 Å². The predicted molar refractivity (Wildman–Crippen MR) is 58.8 cm³/mol. The van der Waals surface area contributed by atoms with Crippen LogP contribution in [-0.2, 0) is 0 Å². The van der Waals surface area contributed by atoms with Gasteiger partial charge in [-0.15, -0.1) is 0 Å². The number of nitrogen functional groups attached to an aromatic ring is 1. The quantitative estimate of drug-likeness (QED) is 0.772. The average molecular weight is 202 g/mol. The minimum atomic E-state index is -0.260. The van der Waals surface area contributed by atoms with Crippen LogP contribution < -0.4 is 5.73 Å². The van der Waals surface area contributed by atoms with Gasteiger partial charge in [0.05, 0.1) is 17.1 Å². The number of hydrogen-bond donors (Lipinski definition) is 1. The van der Waals surface area contributed by atoms with Gasteiger partial charge in [-0.05, 0) is 31.2 Å². The fourth-order valence-corrected chi connectivity index (χ4v) is 1.38. The molecule has 2 aromatic rings. The van der Waals surface area contributed by atoms with E-state index in [9.17, 15) is 4.39 Å². The highest BCUT2D eigenvalue weighted by molar-refractivity contribution is 5.61. The van der Waals surface area contributed by atoms with Gasteiger partial charge in [-0.25, -0.2) is 4.39 Å². The summed E-state index contributed by atoms with van der Waals surface area (Å²) in [6.07, 6.45) is 0. The van der Waals surface area contributed by atoms with E-state index < -0.39 is 0 Å². The van der Waals surface area contributed by atoms with E-state index in [1.165, 1.54) is 12.1 Å². The summed E-state index contributed by atoms with van der Waals surface area (Å²) in [6, 6.07) is 9.92. The summed E-state index contributed by atoms with van der Waals surface area (Å²) in [6.45, 7) is 1.83. The topological polar surface area (TPSA) is 38.9 Å². The van der Waals surface area contributed by atoms with E-state index in [4.69, 9.17) is 5.73 Å². The number of hydrogen-bond acceptors (Lipinski definition) is 2. The number of pyridine rings is 1. The van der Waals surface area contributed by atoms with E-state index >= 15 is 0 Å². The minimum Gasteiger partial charge on any atom is -0.397 e. The van der Waals surface area contributed by atoms with Gasteiger partial charge in [0.15, 0.2) is 0 Å². The van der Waals surface area contributed by atoms with Crippen LogP contribution in [0.5, 0.6) is 0 Å². The Hall–Kier alpha value is -1.90. The van der Waals surface area contributed by atoms with Gasteiger partial charge in [0, 0.05) is 5.56 Å². The molecule has 1 aromatic heterocycles. The zero-order valence-electron chi connectivity index (χ0n) is 8.37. The summed E-state index contributed by atoms with van der Waals surface area (Å²) < 4.78 is 13.0. The maximum absolute atomic E-state index is 13.0. The first-order valence-electron chi connectivity index (χ1n) is 4.66. The number of anilines is 1. The molecular formula is C12H11FN2. The Bertz CT molecular complexity index is 495. The molecule has 0 atom stereocenters. The molecule has 0 saturated heterocycles. The zero-order chi connectivity index (χ0) is 10.8. The van der Waals surface area contributed by atoms with Crippen molar-refractivity contribution < 1.29 is 4.39 Å². The van der Waals surface area contributed by atoms with E-state index in [0.717, 1.165) is 17.0 Å². The van der Waals surface area contributed by atoms with E-state index in [-0.39, 0.29) is 5.82 Å². The third-order valence-corrected chi connectivity index (χ3v) is 2.25. The molecule has 0 aliphatic heterocycles. The molecule has 0 bridgehead atoms. The van der Waals surface area contributed by atoms with Crippen LogP contribution in [0.25, 0.3) is 11.3 Å². The Labute approximate surface area is 87.6 Å². The van der Waals surface area contributed by atoms with Crippen molar-refractivity contribution in [2.24, 2.45) is 0 Å². The van der Waals surface area contributed by atoms with Crippen LogP contribution in [0.3, 0.4) is 0 Å². The van der Waals surface area contributed by atoms with Gasteiger partial charge in [0.25, 0.3) is 0 Å². The Morgan fingerprint density at radius 1 is 1.20 bits per heavy atom. The molecule has 0 amide bonds. The van der Waals surface area contributed by atoms with Crippen molar-refractivity contribution in [2.45, 2.75) is 6.92 Å². The maximum Gasteiger partial charge on any atom is 0.123 e. The molecule has 2 nitrogen and oxygen atoms in total. The highest BCUT2D eigenvalue weighted by Crippen LogP contribution is 2.20. The third-order valence-electron chi connectivity index (χ3n) is 2.25. The molecule has 0 aliphatic carbocycles.